The molecule has 1 aromatic heterocycles. The van der Waals surface area contributed by atoms with Gasteiger partial charge in [0.05, 0.1) is 10.9 Å². The van der Waals surface area contributed by atoms with Gasteiger partial charge in [0.25, 0.3) is 7.12 Å². The van der Waals surface area contributed by atoms with Crippen LogP contribution in [0.3, 0.4) is 0 Å². The molecule has 1 unspecified atom stereocenters. The van der Waals surface area contributed by atoms with Crippen molar-refractivity contribution in [3.05, 3.63) is 40.2 Å². The minimum Gasteiger partial charge on any atom is -0.485 e. The molecule has 0 amide bonds. The summed E-state index contributed by atoms with van der Waals surface area (Å²) in [6.45, 7) is 3.66. The predicted octanol–water partition coefficient (Wildman–Crippen LogP) is 1.64. The fourth-order valence-corrected chi connectivity index (χ4v) is 2.99. The van der Waals surface area contributed by atoms with Crippen LogP contribution in [0.15, 0.2) is 33.5 Å². The summed E-state index contributed by atoms with van der Waals surface area (Å²) in [6.07, 6.45) is 0.0874. The van der Waals surface area contributed by atoms with E-state index in [1.54, 1.807) is 12.1 Å². The van der Waals surface area contributed by atoms with Gasteiger partial charge < -0.3 is 9.15 Å². The molecule has 108 valence electrons. The van der Waals surface area contributed by atoms with E-state index in [1.807, 2.05) is 19.9 Å². The van der Waals surface area contributed by atoms with Crippen LogP contribution in [0.5, 0.6) is 5.75 Å². The van der Waals surface area contributed by atoms with Crippen LogP contribution in [0.1, 0.15) is 19.4 Å². The lowest BCUT2D eigenvalue weighted by Gasteiger charge is -2.39. The highest BCUT2D eigenvalue weighted by Gasteiger charge is 2.39. The van der Waals surface area contributed by atoms with Crippen molar-refractivity contribution in [3.8, 4) is 5.75 Å². The van der Waals surface area contributed by atoms with E-state index in [0.717, 1.165) is 10.9 Å². The van der Waals surface area contributed by atoms with Gasteiger partial charge in [0.2, 0.25) is 0 Å². The van der Waals surface area contributed by atoms with Crippen LogP contribution < -0.4 is 10.4 Å². The predicted molar refractivity (Wildman–Crippen MR) is 79.7 cm³/mol. The summed E-state index contributed by atoms with van der Waals surface area (Å²) in [4.78, 5) is 11.3. The molecule has 1 aromatic carbocycles. The van der Waals surface area contributed by atoms with Crippen molar-refractivity contribution in [1.82, 2.24) is 0 Å². The highest BCUT2D eigenvalue weighted by molar-refractivity contribution is 8.02. The van der Waals surface area contributed by atoms with Gasteiger partial charge in [-0.05, 0) is 31.5 Å². The third-order valence-corrected chi connectivity index (χ3v) is 3.99. The van der Waals surface area contributed by atoms with E-state index in [1.165, 1.54) is 6.07 Å². The normalized spacial score (nSPS) is 21.5. The highest BCUT2D eigenvalue weighted by atomic mass is 32.2. The molecule has 21 heavy (non-hydrogen) atoms. The van der Waals surface area contributed by atoms with Crippen LogP contribution in [-0.4, -0.2) is 23.0 Å². The fraction of sp³-hybridized carbons (Fsp3) is 0.357. The Morgan fingerprint density at radius 2 is 2.14 bits per heavy atom. The number of benzene rings is 1. The Hall–Kier alpha value is -1.60. The maximum Gasteiger partial charge on any atom is 0.336 e. The second-order valence-corrected chi connectivity index (χ2v) is 6.22. The fourth-order valence-electron chi connectivity index (χ4n) is 2.46. The van der Waals surface area contributed by atoms with Gasteiger partial charge in [-0.25, -0.2) is 9.00 Å². The standard InChI is InChI=1S/C14H13BO5S/c1-14(2)12(20-21(15)17)6-9-5-8-3-4-13(16)18-10(8)7-11(9)19-14/h3-5,7,12H,6H2,1-2H3/t12-,21?/m0/s1. The van der Waals surface area contributed by atoms with Crippen LogP contribution in [-0.2, 0) is 21.5 Å². The molecular weight excluding hydrogens is 291 g/mol. The average Bonchev–Trinajstić information content (AvgIpc) is 2.36. The summed E-state index contributed by atoms with van der Waals surface area (Å²) >= 11 is 0. The topological polar surface area (TPSA) is 65.7 Å². The van der Waals surface area contributed by atoms with Crippen LogP contribution in [0.25, 0.3) is 11.0 Å². The Kier molecular flexibility index (Phi) is 3.41. The molecule has 1 aliphatic heterocycles. The Bertz CT molecular complexity index is 783. The van der Waals surface area contributed by atoms with Gasteiger partial charge in [-0.15, -0.1) is 0 Å². The molecule has 3 rings (SSSR count). The number of rotatable bonds is 2. The molecule has 1 aliphatic rings. The largest absolute Gasteiger partial charge is 0.485 e. The average molecular weight is 304 g/mol. The lowest BCUT2D eigenvalue weighted by Crippen LogP contribution is -2.48. The molecule has 0 fully saturated rings. The first kappa shape index (κ1) is 14.3. The number of ether oxygens (including phenoxy) is 1. The molecule has 0 saturated carbocycles. The zero-order valence-corrected chi connectivity index (χ0v) is 12.4. The van der Waals surface area contributed by atoms with Crippen LogP contribution in [0, 0.1) is 0 Å². The molecule has 0 aliphatic carbocycles. The maximum absolute atomic E-state index is 11.3. The summed E-state index contributed by atoms with van der Waals surface area (Å²) in [5.41, 5.74) is 0.271. The first-order valence-electron chi connectivity index (χ1n) is 6.44. The van der Waals surface area contributed by atoms with Gasteiger partial charge in [-0.2, -0.15) is 0 Å². The van der Waals surface area contributed by atoms with Crippen molar-refractivity contribution in [2.24, 2.45) is 0 Å². The summed E-state index contributed by atoms with van der Waals surface area (Å²) < 4.78 is 27.4. The SMILES string of the molecule is [B]S(=O)O[C@H]1Cc2cc3ccc(=O)oc3cc2OC1(C)C. The molecule has 2 radical (unpaired) electrons. The minimum absolute atomic E-state index is 0.405. The zero-order valence-electron chi connectivity index (χ0n) is 11.6. The van der Waals surface area contributed by atoms with E-state index in [4.69, 9.17) is 20.5 Å². The Morgan fingerprint density at radius 3 is 2.86 bits per heavy atom. The van der Waals surface area contributed by atoms with Crippen molar-refractivity contribution < 1.29 is 17.5 Å². The molecule has 0 saturated heterocycles. The van der Waals surface area contributed by atoms with Gasteiger partial charge >= 0.3 is 5.63 Å². The molecule has 0 bridgehead atoms. The molecule has 7 heteroatoms. The molecule has 2 aromatic rings. The molecule has 2 heterocycles. The van der Waals surface area contributed by atoms with Gasteiger partial charge in [0.1, 0.15) is 23.0 Å². The van der Waals surface area contributed by atoms with Crippen molar-refractivity contribution in [3.63, 3.8) is 0 Å². The van der Waals surface area contributed by atoms with Crippen molar-refractivity contribution in [2.75, 3.05) is 0 Å². The minimum atomic E-state index is -1.86. The quantitative estimate of drug-likeness (QED) is 0.623. The highest BCUT2D eigenvalue weighted by Crippen LogP contribution is 2.37. The van der Waals surface area contributed by atoms with Crippen LogP contribution >= 0.6 is 0 Å². The Labute approximate surface area is 125 Å². The van der Waals surface area contributed by atoms with Crippen LogP contribution in [0.2, 0.25) is 0 Å². The van der Waals surface area contributed by atoms with Gasteiger partial charge in [0.15, 0.2) is 0 Å². The Morgan fingerprint density at radius 1 is 1.38 bits per heavy atom. The first-order chi connectivity index (χ1) is 9.85. The van der Waals surface area contributed by atoms with Crippen molar-refractivity contribution in [1.29, 1.82) is 0 Å². The lowest BCUT2D eigenvalue weighted by molar-refractivity contribution is -0.0194. The lowest BCUT2D eigenvalue weighted by atomic mass is 9.90. The zero-order chi connectivity index (χ0) is 15.2. The van der Waals surface area contributed by atoms with Gasteiger partial charge in [-0.3, -0.25) is 4.18 Å². The van der Waals surface area contributed by atoms with E-state index in [2.05, 4.69) is 0 Å². The second-order valence-electron chi connectivity index (χ2n) is 5.51. The first-order valence-corrected chi connectivity index (χ1v) is 7.58. The van der Waals surface area contributed by atoms with E-state index in [-0.39, 0.29) is 0 Å². The van der Waals surface area contributed by atoms with E-state index in [9.17, 15) is 9.00 Å². The van der Waals surface area contributed by atoms with Gasteiger partial charge in [-0.1, -0.05) is 0 Å². The summed E-state index contributed by atoms with van der Waals surface area (Å²) in [7, 11) is 3.36. The molecule has 0 N–H and O–H groups in total. The maximum atomic E-state index is 11.3. The number of hydrogen-bond acceptors (Lipinski definition) is 5. The third-order valence-electron chi connectivity index (χ3n) is 3.57. The molecule has 2 atom stereocenters. The Balaban J connectivity index is 2.07. The molecule has 5 nitrogen and oxygen atoms in total. The van der Waals surface area contributed by atoms with E-state index < -0.39 is 28.3 Å². The summed E-state index contributed by atoms with van der Waals surface area (Å²) in [6, 6.07) is 6.63. The van der Waals surface area contributed by atoms with E-state index in [0.29, 0.717) is 17.8 Å². The summed E-state index contributed by atoms with van der Waals surface area (Å²) in [5.74, 6) is 0.629. The number of fused-ring (bicyclic) bond motifs is 2. The van der Waals surface area contributed by atoms with Crippen molar-refractivity contribution in [2.45, 2.75) is 32.0 Å². The third kappa shape index (κ3) is 2.75. The summed E-state index contributed by atoms with van der Waals surface area (Å²) in [5, 5.41) is 0.796. The van der Waals surface area contributed by atoms with Gasteiger partial charge in [0, 0.05) is 23.9 Å². The monoisotopic (exact) mass is 304 g/mol. The number of hydrogen-bond donors (Lipinski definition) is 0. The molecule has 0 spiro atoms. The second kappa shape index (κ2) is 5.00. The molecular formula is C14H13BO5S. The van der Waals surface area contributed by atoms with E-state index >= 15 is 0 Å². The van der Waals surface area contributed by atoms with Crippen molar-refractivity contribution >= 4 is 29.0 Å². The smallest absolute Gasteiger partial charge is 0.336 e. The van der Waals surface area contributed by atoms with Crippen LogP contribution in [0.4, 0.5) is 0 Å².